The molecule has 136 valence electrons. The fourth-order valence-electron chi connectivity index (χ4n) is 1.97. The number of hydrogen-bond acceptors (Lipinski definition) is 5. The molecule has 0 atom stereocenters. The van der Waals surface area contributed by atoms with E-state index in [1.54, 1.807) is 6.92 Å². The molecule has 0 saturated heterocycles. The molecule has 0 fully saturated rings. The molecule has 0 saturated carbocycles. The Morgan fingerprint density at radius 1 is 1.24 bits per heavy atom. The van der Waals surface area contributed by atoms with Crippen molar-refractivity contribution in [2.45, 2.75) is 26.4 Å². The number of aromatic nitrogens is 3. The van der Waals surface area contributed by atoms with Gasteiger partial charge in [0.1, 0.15) is 28.3 Å². The number of rotatable bonds is 6. The molecule has 0 spiro atoms. The highest BCUT2D eigenvalue weighted by Gasteiger charge is 2.31. The van der Waals surface area contributed by atoms with E-state index in [-0.39, 0.29) is 17.5 Å². The summed E-state index contributed by atoms with van der Waals surface area (Å²) in [6, 6.07) is 0.773. The lowest BCUT2D eigenvalue weighted by molar-refractivity contribution is -0.137. The van der Waals surface area contributed by atoms with E-state index in [9.17, 15) is 13.2 Å². The van der Waals surface area contributed by atoms with Crippen LogP contribution >= 0.6 is 23.2 Å². The maximum Gasteiger partial charge on any atom is 0.417 e. The molecule has 1 N–H and O–H groups in total. The van der Waals surface area contributed by atoms with Gasteiger partial charge in [0.2, 0.25) is 5.88 Å². The zero-order chi connectivity index (χ0) is 18.6. The lowest BCUT2D eigenvalue weighted by Gasteiger charge is -2.12. The minimum absolute atomic E-state index is 0.0734. The van der Waals surface area contributed by atoms with Gasteiger partial charge in [-0.3, -0.25) is 0 Å². The molecule has 2 aromatic rings. The maximum absolute atomic E-state index is 12.6. The number of aryl methyl sites for hydroxylation is 2. The van der Waals surface area contributed by atoms with Crippen molar-refractivity contribution in [2.75, 3.05) is 18.5 Å². The van der Waals surface area contributed by atoms with Crippen LogP contribution in [0.4, 0.5) is 19.0 Å². The summed E-state index contributed by atoms with van der Waals surface area (Å²) in [7, 11) is 0. The first-order chi connectivity index (χ1) is 11.7. The normalized spacial score (nSPS) is 11.5. The van der Waals surface area contributed by atoms with Crippen molar-refractivity contribution < 1.29 is 17.9 Å². The van der Waals surface area contributed by atoms with Crippen LogP contribution in [0.3, 0.4) is 0 Å². The first kappa shape index (κ1) is 19.5. The van der Waals surface area contributed by atoms with Crippen molar-refractivity contribution in [3.63, 3.8) is 0 Å². The summed E-state index contributed by atoms with van der Waals surface area (Å²) in [5.74, 6) is 0.980. The molecule has 2 heterocycles. The fourth-order valence-corrected chi connectivity index (χ4v) is 2.48. The average molecular weight is 395 g/mol. The zero-order valence-corrected chi connectivity index (χ0v) is 14.9. The predicted octanol–water partition coefficient (Wildman–Crippen LogP) is 4.56. The van der Waals surface area contributed by atoms with Gasteiger partial charge in [0.25, 0.3) is 0 Å². The van der Waals surface area contributed by atoms with Crippen LogP contribution in [0.5, 0.6) is 5.88 Å². The Hall–Kier alpha value is -1.80. The van der Waals surface area contributed by atoms with E-state index in [4.69, 9.17) is 27.9 Å². The smallest absolute Gasteiger partial charge is 0.417 e. The van der Waals surface area contributed by atoms with Crippen LogP contribution in [0.1, 0.15) is 24.0 Å². The lowest BCUT2D eigenvalue weighted by atomic mass is 10.3. The van der Waals surface area contributed by atoms with Gasteiger partial charge in [0.05, 0.1) is 17.8 Å². The van der Waals surface area contributed by atoms with E-state index in [1.807, 2.05) is 6.92 Å². The molecule has 10 heteroatoms. The summed E-state index contributed by atoms with van der Waals surface area (Å²) < 4.78 is 42.9. The van der Waals surface area contributed by atoms with Crippen LogP contribution in [0.2, 0.25) is 10.0 Å². The van der Waals surface area contributed by atoms with Crippen molar-refractivity contribution in [1.82, 2.24) is 15.0 Å². The monoisotopic (exact) mass is 394 g/mol. The molecular weight excluding hydrogens is 380 g/mol. The van der Waals surface area contributed by atoms with Gasteiger partial charge >= 0.3 is 6.18 Å². The SMILES string of the molecule is CCc1nc(C)nc(NCCOc2ncc(C(F)(F)F)cc2Cl)c1Cl. The molecule has 0 radical (unpaired) electrons. The first-order valence-electron chi connectivity index (χ1n) is 7.34. The lowest BCUT2D eigenvalue weighted by Crippen LogP contribution is -2.15. The highest BCUT2D eigenvalue weighted by Crippen LogP contribution is 2.33. The zero-order valence-electron chi connectivity index (χ0n) is 13.4. The van der Waals surface area contributed by atoms with Crippen LogP contribution in [-0.2, 0) is 12.6 Å². The topological polar surface area (TPSA) is 59.9 Å². The number of anilines is 1. The Morgan fingerprint density at radius 2 is 1.96 bits per heavy atom. The summed E-state index contributed by atoms with van der Waals surface area (Å²) >= 11 is 12.0. The van der Waals surface area contributed by atoms with Crippen molar-refractivity contribution in [3.8, 4) is 5.88 Å². The molecule has 0 unspecified atom stereocenters. The number of ether oxygens (including phenoxy) is 1. The van der Waals surface area contributed by atoms with E-state index in [0.717, 1.165) is 11.8 Å². The minimum Gasteiger partial charge on any atom is -0.475 e. The third-order valence-electron chi connectivity index (χ3n) is 3.13. The Kier molecular flexibility index (Phi) is 6.29. The van der Waals surface area contributed by atoms with E-state index >= 15 is 0 Å². The second-order valence-electron chi connectivity index (χ2n) is 5.02. The van der Waals surface area contributed by atoms with Gasteiger partial charge in [-0.25, -0.2) is 15.0 Å². The van der Waals surface area contributed by atoms with Crippen LogP contribution in [0.15, 0.2) is 12.3 Å². The van der Waals surface area contributed by atoms with Gasteiger partial charge in [-0.15, -0.1) is 0 Å². The number of nitrogens with zero attached hydrogens (tertiary/aromatic N) is 3. The van der Waals surface area contributed by atoms with E-state index in [1.165, 1.54) is 0 Å². The first-order valence-corrected chi connectivity index (χ1v) is 8.10. The molecular formula is C15H15Cl2F3N4O. The predicted molar refractivity (Wildman–Crippen MR) is 89.4 cm³/mol. The van der Waals surface area contributed by atoms with E-state index in [0.29, 0.717) is 35.8 Å². The number of hydrogen-bond donors (Lipinski definition) is 1. The van der Waals surface area contributed by atoms with Gasteiger partial charge in [0.15, 0.2) is 0 Å². The molecule has 0 amide bonds. The van der Waals surface area contributed by atoms with E-state index in [2.05, 4.69) is 20.3 Å². The van der Waals surface area contributed by atoms with Crippen molar-refractivity contribution in [3.05, 3.63) is 39.4 Å². The summed E-state index contributed by atoms with van der Waals surface area (Å²) in [5, 5.41) is 3.22. The fraction of sp³-hybridized carbons (Fsp3) is 0.400. The Bertz CT molecular complexity index is 756. The summed E-state index contributed by atoms with van der Waals surface area (Å²) in [4.78, 5) is 12.0. The van der Waals surface area contributed by atoms with Crippen LogP contribution < -0.4 is 10.1 Å². The van der Waals surface area contributed by atoms with E-state index < -0.39 is 11.7 Å². The number of pyridine rings is 1. The van der Waals surface area contributed by atoms with Gasteiger partial charge in [-0.1, -0.05) is 30.1 Å². The molecule has 2 aromatic heterocycles. The molecule has 0 aromatic carbocycles. The Morgan fingerprint density at radius 3 is 2.56 bits per heavy atom. The molecule has 2 rings (SSSR count). The van der Waals surface area contributed by atoms with Gasteiger partial charge in [-0.05, 0) is 19.4 Å². The Labute approximate surface area is 152 Å². The molecule has 0 bridgehead atoms. The third-order valence-corrected chi connectivity index (χ3v) is 3.80. The average Bonchev–Trinajstić information content (AvgIpc) is 2.54. The third kappa shape index (κ3) is 5.09. The van der Waals surface area contributed by atoms with Gasteiger partial charge < -0.3 is 10.1 Å². The highest BCUT2D eigenvalue weighted by molar-refractivity contribution is 6.33. The summed E-state index contributed by atoms with van der Waals surface area (Å²) in [6.45, 7) is 4.10. The maximum atomic E-state index is 12.6. The van der Waals surface area contributed by atoms with Crippen LogP contribution in [-0.4, -0.2) is 28.1 Å². The van der Waals surface area contributed by atoms with Crippen molar-refractivity contribution in [1.29, 1.82) is 0 Å². The summed E-state index contributed by atoms with van der Waals surface area (Å²) in [5.41, 5.74) is -0.205. The highest BCUT2D eigenvalue weighted by atomic mass is 35.5. The quantitative estimate of drug-likeness (QED) is 0.727. The van der Waals surface area contributed by atoms with Crippen LogP contribution in [0, 0.1) is 6.92 Å². The minimum atomic E-state index is -4.50. The Balaban J connectivity index is 1.95. The number of nitrogens with one attached hydrogen (secondary N) is 1. The molecule has 0 aliphatic carbocycles. The number of alkyl halides is 3. The van der Waals surface area contributed by atoms with Crippen molar-refractivity contribution in [2.24, 2.45) is 0 Å². The van der Waals surface area contributed by atoms with Gasteiger partial charge in [-0.2, -0.15) is 13.2 Å². The molecule has 5 nitrogen and oxygen atoms in total. The summed E-state index contributed by atoms with van der Waals surface area (Å²) in [6.07, 6.45) is -3.17. The second kappa shape index (κ2) is 8.05. The van der Waals surface area contributed by atoms with Gasteiger partial charge in [0, 0.05) is 6.20 Å². The molecule has 0 aliphatic rings. The molecule has 0 aliphatic heterocycles. The largest absolute Gasteiger partial charge is 0.475 e. The standard InChI is InChI=1S/C15H15Cl2F3N4O/c1-3-11-12(17)13(24-8(2)23-11)21-4-5-25-14-10(16)6-9(7-22-14)15(18,19)20/h6-7H,3-5H2,1-2H3,(H,21,23,24). The molecule has 25 heavy (non-hydrogen) atoms. The number of halogens is 5. The van der Waals surface area contributed by atoms with Crippen molar-refractivity contribution >= 4 is 29.0 Å². The van der Waals surface area contributed by atoms with Crippen LogP contribution in [0.25, 0.3) is 0 Å². The second-order valence-corrected chi connectivity index (χ2v) is 5.80.